The van der Waals surface area contributed by atoms with Crippen LogP contribution in [0.25, 0.3) is 0 Å². The summed E-state index contributed by atoms with van der Waals surface area (Å²) in [5.74, 6) is -0.336. The zero-order valence-electron chi connectivity index (χ0n) is 11.7. The van der Waals surface area contributed by atoms with Crippen LogP contribution in [0.5, 0.6) is 5.75 Å². The average Bonchev–Trinajstić information content (AvgIpc) is 2.91. The molecule has 0 bridgehead atoms. The number of hydrogen-bond acceptors (Lipinski definition) is 5. The van der Waals surface area contributed by atoms with Crippen LogP contribution in [-0.2, 0) is 10.0 Å². The van der Waals surface area contributed by atoms with Crippen LogP contribution in [0.2, 0.25) is 0 Å². The highest BCUT2D eigenvalue weighted by Gasteiger charge is 2.21. The Morgan fingerprint density at radius 3 is 2.59 bits per heavy atom. The normalized spacial score (nSPS) is 11.2. The van der Waals surface area contributed by atoms with E-state index in [2.05, 4.69) is 26.2 Å². The van der Waals surface area contributed by atoms with Crippen LogP contribution < -0.4 is 15.0 Å². The lowest BCUT2D eigenvalue weighted by molar-refractivity contribution is 0.0949. The molecule has 118 valence electrons. The predicted octanol–water partition coefficient (Wildman–Crippen LogP) is 2.45. The molecule has 2 N–H and O–H groups in total. The van der Waals surface area contributed by atoms with E-state index in [0.29, 0.717) is 4.88 Å². The summed E-state index contributed by atoms with van der Waals surface area (Å²) >= 11 is 4.44. The van der Waals surface area contributed by atoms with E-state index in [1.807, 2.05) is 0 Å². The van der Waals surface area contributed by atoms with Gasteiger partial charge >= 0.3 is 0 Å². The maximum atomic E-state index is 12.3. The number of thiophene rings is 1. The van der Waals surface area contributed by atoms with E-state index in [1.54, 1.807) is 31.2 Å². The van der Waals surface area contributed by atoms with Crippen molar-refractivity contribution in [2.24, 2.45) is 0 Å². The molecule has 1 heterocycles. The van der Waals surface area contributed by atoms with Crippen LogP contribution in [0.3, 0.4) is 0 Å². The summed E-state index contributed by atoms with van der Waals surface area (Å²) in [6.07, 6.45) is 0. The standard InChI is InChI=1S/C13H13BrN2O4S2/c1-8-3-4-9(20-2)11(7-8)22(18,19)16-15-13(17)10-5-6-12(14)21-10/h3-7,16H,1-2H3,(H,15,17). The van der Waals surface area contributed by atoms with Gasteiger partial charge in [-0.05, 0) is 52.7 Å². The smallest absolute Gasteiger partial charge is 0.276 e. The molecular weight excluding hydrogens is 392 g/mol. The largest absolute Gasteiger partial charge is 0.495 e. The number of sulfonamides is 1. The number of carbonyl (C=O) groups is 1. The Hall–Kier alpha value is -1.42. The van der Waals surface area contributed by atoms with E-state index in [1.165, 1.54) is 24.5 Å². The van der Waals surface area contributed by atoms with Crippen molar-refractivity contribution in [3.8, 4) is 5.75 Å². The first-order valence-electron chi connectivity index (χ1n) is 6.05. The molecule has 0 fully saturated rings. The van der Waals surface area contributed by atoms with Gasteiger partial charge in [-0.25, -0.2) is 8.42 Å². The van der Waals surface area contributed by atoms with Gasteiger partial charge in [-0.15, -0.1) is 16.2 Å². The van der Waals surface area contributed by atoms with Gasteiger partial charge in [0.15, 0.2) is 0 Å². The number of benzene rings is 1. The van der Waals surface area contributed by atoms with Crippen LogP contribution in [0, 0.1) is 6.92 Å². The number of nitrogens with one attached hydrogen (secondary N) is 2. The summed E-state index contributed by atoms with van der Waals surface area (Å²) in [4.78, 5) is 14.3. The van der Waals surface area contributed by atoms with E-state index < -0.39 is 15.9 Å². The van der Waals surface area contributed by atoms with Gasteiger partial charge in [-0.2, -0.15) is 0 Å². The Bertz CT molecular complexity index is 802. The SMILES string of the molecule is COc1ccc(C)cc1S(=O)(=O)NNC(=O)c1ccc(Br)s1. The number of ether oxygens (including phenoxy) is 1. The third-order valence-electron chi connectivity index (χ3n) is 2.70. The molecule has 9 heteroatoms. The summed E-state index contributed by atoms with van der Waals surface area (Å²) in [7, 11) is -2.56. The Morgan fingerprint density at radius 2 is 2.00 bits per heavy atom. The molecule has 2 aromatic rings. The topological polar surface area (TPSA) is 84.5 Å². The van der Waals surface area contributed by atoms with Gasteiger partial charge in [-0.3, -0.25) is 10.2 Å². The second-order valence-corrected chi connectivity index (χ2v) is 8.43. The molecule has 0 aliphatic heterocycles. The zero-order valence-corrected chi connectivity index (χ0v) is 14.9. The fourth-order valence-electron chi connectivity index (χ4n) is 1.66. The highest BCUT2D eigenvalue weighted by atomic mass is 79.9. The van der Waals surface area contributed by atoms with Crippen LogP contribution in [-0.4, -0.2) is 21.4 Å². The van der Waals surface area contributed by atoms with Gasteiger partial charge < -0.3 is 4.74 Å². The minimum Gasteiger partial charge on any atom is -0.495 e. The molecule has 1 amide bonds. The summed E-state index contributed by atoms with van der Waals surface area (Å²) in [6.45, 7) is 1.76. The molecule has 1 aromatic heterocycles. The van der Waals surface area contributed by atoms with Gasteiger partial charge in [0.05, 0.1) is 15.8 Å². The molecule has 0 saturated heterocycles. The zero-order chi connectivity index (χ0) is 16.3. The van der Waals surface area contributed by atoms with Gasteiger partial charge in [-0.1, -0.05) is 6.07 Å². The molecular formula is C13H13BrN2O4S2. The molecule has 0 spiro atoms. The van der Waals surface area contributed by atoms with Gasteiger partial charge in [0.2, 0.25) is 0 Å². The predicted molar refractivity (Wildman–Crippen MR) is 87.5 cm³/mol. The number of amides is 1. The Balaban J connectivity index is 2.18. The fourth-order valence-corrected chi connectivity index (χ4v) is 4.04. The molecule has 22 heavy (non-hydrogen) atoms. The summed E-state index contributed by atoms with van der Waals surface area (Å²) in [5.41, 5.74) is 2.94. The second-order valence-electron chi connectivity index (χ2n) is 4.32. The first-order valence-corrected chi connectivity index (χ1v) is 9.15. The lowest BCUT2D eigenvalue weighted by Gasteiger charge is -2.11. The second kappa shape index (κ2) is 6.78. The van der Waals surface area contributed by atoms with Gasteiger partial charge in [0.25, 0.3) is 15.9 Å². The molecule has 0 unspecified atom stereocenters. The van der Waals surface area contributed by atoms with Crippen molar-refractivity contribution in [2.45, 2.75) is 11.8 Å². The molecule has 0 saturated carbocycles. The van der Waals surface area contributed by atoms with Crippen molar-refractivity contribution < 1.29 is 17.9 Å². The van der Waals surface area contributed by atoms with Crippen molar-refractivity contribution in [3.05, 3.63) is 44.6 Å². The van der Waals surface area contributed by atoms with Crippen LogP contribution >= 0.6 is 27.3 Å². The van der Waals surface area contributed by atoms with Crippen molar-refractivity contribution in [3.63, 3.8) is 0 Å². The fraction of sp³-hybridized carbons (Fsp3) is 0.154. The maximum absolute atomic E-state index is 12.3. The van der Waals surface area contributed by atoms with Gasteiger partial charge in [0.1, 0.15) is 10.6 Å². The number of hydrazine groups is 1. The van der Waals surface area contributed by atoms with Crippen molar-refractivity contribution in [2.75, 3.05) is 7.11 Å². The average molecular weight is 405 g/mol. The summed E-state index contributed by atoms with van der Waals surface area (Å²) in [6, 6.07) is 8.06. The van der Waals surface area contributed by atoms with E-state index in [9.17, 15) is 13.2 Å². The van der Waals surface area contributed by atoms with Gasteiger partial charge in [0, 0.05) is 0 Å². The van der Waals surface area contributed by atoms with Crippen molar-refractivity contribution in [1.29, 1.82) is 0 Å². The third kappa shape index (κ3) is 3.86. The van der Waals surface area contributed by atoms with E-state index in [4.69, 9.17) is 4.74 Å². The molecule has 0 atom stereocenters. The minimum absolute atomic E-state index is 0.0392. The molecule has 0 aliphatic rings. The lowest BCUT2D eigenvalue weighted by Crippen LogP contribution is -2.41. The Morgan fingerprint density at radius 1 is 1.27 bits per heavy atom. The number of halogens is 1. The number of carbonyl (C=O) groups excluding carboxylic acids is 1. The quantitative estimate of drug-likeness (QED) is 0.749. The monoisotopic (exact) mass is 404 g/mol. The van der Waals surface area contributed by atoms with Crippen LogP contribution in [0.15, 0.2) is 39.0 Å². The van der Waals surface area contributed by atoms with E-state index >= 15 is 0 Å². The Labute approximate surface area is 140 Å². The first-order chi connectivity index (χ1) is 10.3. The van der Waals surface area contributed by atoms with Crippen molar-refractivity contribution in [1.82, 2.24) is 10.3 Å². The molecule has 0 aliphatic carbocycles. The minimum atomic E-state index is -3.94. The number of aryl methyl sites for hydroxylation is 1. The highest BCUT2D eigenvalue weighted by molar-refractivity contribution is 9.11. The lowest BCUT2D eigenvalue weighted by atomic mass is 10.2. The molecule has 0 radical (unpaired) electrons. The van der Waals surface area contributed by atoms with Crippen LogP contribution in [0.1, 0.15) is 15.2 Å². The molecule has 2 rings (SSSR count). The van der Waals surface area contributed by atoms with E-state index in [-0.39, 0.29) is 10.6 Å². The van der Waals surface area contributed by atoms with Crippen LogP contribution in [0.4, 0.5) is 0 Å². The number of methoxy groups -OCH3 is 1. The summed E-state index contributed by atoms with van der Waals surface area (Å²) < 4.78 is 30.4. The first kappa shape index (κ1) is 16.9. The third-order valence-corrected chi connectivity index (χ3v) is 5.60. The summed E-state index contributed by atoms with van der Waals surface area (Å²) in [5, 5.41) is 0. The highest BCUT2D eigenvalue weighted by Crippen LogP contribution is 2.24. The maximum Gasteiger partial charge on any atom is 0.276 e. The molecule has 6 nitrogen and oxygen atoms in total. The number of hydrogen-bond donors (Lipinski definition) is 2. The number of rotatable bonds is 5. The molecule has 1 aromatic carbocycles. The Kier molecular flexibility index (Phi) is 5.22. The van der Waals surface area contributed by atoms with Crippen molar-refractivity contribution >= 4 is 43.2 Å². The van der Waals surface area contributed by atoms with E-state index in [0.717, 1.165) is 9.35 Å².